The van der Waals surface area contributed by atoms with Crippen molar-refractivity contribution in [2.45, 2.75) is 5.41 Å². The molecule has 0 amide bonds. The maximum absolute atomic E-state index is 2.51. The van der Waals surface area contributed by atoms with Crippen LogP contribution < -0.4 is 4.90 Å². The van der Waals surface area contributed by atoms with E-state index in [9.17, 15) is 0 Å². The summed E-state index contributed by atoms with van der Waals surface area (Å²) >= 11 is 0. The highest BCUT2D eigenvalue weighted by molar-refractivity contribution is 6.03. The van der Waals surface area contributed by atoms with Gasteiger partial charge in [-0.25, -0.2) is 0 Å². The molecule has 346 valence electrons. The third-order valence-corrected chi connectivity index (χ3v) is 15.6. The van der Waals surface area contributed by atoms with Crippen molar-refractivity contribution < 1.29 is 0 Å². The summed E-state index contributed by atoms with van der Waals surface area (Å²) in [6.45, 7) is 0. The molecule has 0 bridgehead atoms. The van der Waals surface area contributed by atoms with E-state index in [1.165, 1.54) is 100 Å². The lowest BCUT2D eigenvalue weighted by molar-refractivity contribution is 0.793. The molecule has 1 nitrogen and oxygen atoms in total. The lowest BCUT2D eigenvalue weighted by Crippen LogP contribution is -2.26. The van der Waals surface area contributed by atoms with Crippen LogP contribution in [0.4, 0.5) is 17.1 Å². The Bertz CT molecular complexity index is 3980. The third-order valence-electron chi connectivity index (χ3n) is 15.6. The van der Waals surface area contributed by atoms with Crippen LogP contribution in [0.2, 0.25) is 0 Å². The van der Waals surface area contributed by atoms with Crippen LogP contribution in [0.1, 0.15) is 22.3 Å². The Morgan fingerprint density at radius 3 is 1.12 bits per heavy atom. The molecule has 0 saturated heterocycles. The molecule has 12 aromatic carbocycles. The van der Waals surface area contributed by atoms with E-state index in [0.717, 1.165) is 28.2 Å². The van der Waals surface area contributed by atoms with Crippen molar-refractivity contribution in [3.8, 4) is 89.0 Å². The number of hydrogen-bond donors (Lipinski definition) is 0. The van der Waals surface area contributed by atoms with Crippen molar-refractivity contribution in [2.24, 2.45) is 0 Å². The molecule has 0 atom stereocenters. The van der Waals surface area contributed by atoms with Gasteiger partial charge in [0.15, 0.2) is 0 Å². The molecular weight excluding hydrogens is 891 g/mol. The number of para-hydroxylation sites is 1. The molecule has 12 aromatic rings. The van der Waals surface area contributed by atoms with Crippen LogP contribution in [0.5, 0.6) is 0 Å². The average Bonchev–Trinajstić information content (AvgIpc) is 4.08. The molecule has 1 spiro atoms. The molecule has 0 unspecified atom stereocenters. The van der Waals surface area contributed by atoms with E-state index < -0.39 is 5.41 Å². The smallest absolute Gasteiger partial charge is 0.0726 e. The van der Waals surface area contributed by atoms with E-state index >= 15 is 0 Å². The van der Waals surface area contributed by atoms with E-state index in [-0.39, 0.29) is 0 Å². The van der Waals surface area contributed by atoms with Gasteiger partial charge in [0.2, 0.25) is 0 Å². The van der Waals surface area contributed by atoms with E-state index in [1.807, 2.05) is 0 Å². The molecule has 14 rings (SSSR count). The van der Waals surface area contributed by atoms with Gasteiger partial charge in [-0.1, -0.05) is 267 Å². The quantitative estimate of drug-likeness (QED) is 0.139. The average molecular weight is 940 g/mol. The van der Waals surface area contributed by atoms with Crippen molar-refractivity contribution >= 4 is 17.1 Å². The van der Waals surface area contributed by atoms with E-state index in [0.29, 0.717) is 0 Å². The van der Waals surface area contributed by atoms with Crippen LogP contribution in [-0.4, -0.2) is 0 Å². The van der Waals surface area contributed by atoms with Crippen LogP contribution in [0.25, 0.3) is 89.0 Å². The molecule has 0 saturated carbocycles. The Balaban J connectivity index is 1.00. The molecule has 0 radical (unpaired) electrons. The lowest BCUT2D eigenvalue weighted by atomic mass is 9.70. The van der Waals surface area contributed by atoms with Crippen LogP contribution >= 0.6 is 0 Å². The molecule has 0 heterocycles. The summed E-state index contributed by atoms with van der Waals surface area (Å²) < 4.78 is 0. The maximum Gasteiger partial charge on any atom is 0.0726 e. The summed E-state index contributed by atoms with van der Waals surface area (Å²) in [4.78, 5) is 2.50. The highest BCUT2D eigenvalue weighted by atomic mass is 15.1. The molecule has 0 aromatic heterocycles. The predicted octanol–water partition coefficient (Wildman–Crippen LogP) is 19.5. The summed E-state index contributed by atoms with van der Waals surface area (Å²) in [6, 6.07) is 110. The minimum Gasteiger partial charge on any atom is -0.310 e. The molecule has 2 aliphatic rings. The number of rotatable bonds is 9. The number of nitrogens with zero attached hydrogens (tertiary/aromatic N) is 1. The van der Waals surface area contributed by atoms with Crippen LogP contribution in [-0.2, 0) is 5.41 Å². The summed E-state index contributed by atoms with van der Waals surface area (Å²) in [5.74, 6) is 0. The highest BCUT2D eigenvalue weighted by Gasteiger charge is 2.51. The largest absolute Gasteiger partial charge is 0.310 e. The zero-order valence-electron chi connectivity index (χ0n) is 40.7. The van der Waals surface area contributed by atoms with E-state index in [4.69, 9.17) is 0 Å². The fraction of sp³-hybridized carbons (Fsp3) is 0.0137. The van der Waals surface area contributed by atoms with Gasteiger partial charge in [0.05, 0.1) is 11.1 Å². The topological polar surface area (TPSA) is 3.24 Å². The number of fused-ring (bicyclic) bond motifs is 10. The number of anilines is 3. The molecule has 0 fully saturated rings. The van der Waals surface area contributed by atoms with Crippen molar-refractivity contribution in [1.29, 1.82) is 0 Å². The van der Waals surface area contributed by atoms with Gasteiger partial charge in [-0.3, -0.25) is 0 Å². The van der Waals surface area contributed by atoms with Crippen molar-refractivity contribution in [3.63, 3.8) is 0 Å². The predicted molar refractivity (Wildman–Crippen MR) is 310 cm³/mol. The number of benzene rings is 12. The molecule has 1 heteroatoms. The third kappa shape index (κ3) is 6.93. The Kier molecular flexibility index (Phi) is 10.5. The first kappa shape index (κ1) is 43.2. The summed E-state index contributed by atoms with van der Waals surface area (Å²) in [7, 11) is 0. The van der Waals surface area contributed by atoms with Gasteiger partial charge < -0.3 is 4.90 Å². The second kappa shape index (κ2) is 17.9. The fourth-order valence-corrected chi connectivity index (χ4v) is 12.3. The Labute approximate surface area is 433 Å². The molecule has 0 N–H and O–H groups in total. The Morgan fingerprint density at radius 2 is 0.568 bits per heavy atom. The van der Waals surface area contributed by atoms with Gasteiger partial charge in [-0.15, -0.1) is 0 Å². The minimum atomic E-state index is -0.492. The Morgan fingerprint density at radius 1 is 0.203 bits per heavy atom. The van der Waals surface area contributed by atoms with Crippen LogP contribution in [0, 0.1) is 0 Å². The number of hydrogen-bond acceptors (Lipinski definition) is 1. The molecular formula is C73H49N. The van der Waals surface area contributed by atoms with E-state index in [2.05, 4.69) is 302 Å². The van der Waals surface area contributed by atoms with E-state index in [1.54, 1.807) is 0 Å². The second-order valence-corrected chi connectivity index (χ2v) is 19.5. The van der Waals surface area contributed by atoms with Gasteiger partial charge >= 0.3 is 0 Å². The standard InChI is InChI=1S/C73H49N/c1-4-21-50(22-5-1)51-39-41-52(42-40-51)53-43-45-56(46-44-53)74(57-47-48-63-62-30-14-18-37-69(62)73(70(63)49-57)67-35-16-12-28-60(67)61-29-13-17-36-68(61)73)71-38-19-15-31-64(71)66-34-20-33-59(55-25-8-3-9-26-55)72(66)65-32-11-10-27-58(65)54-23-6-2-7-24-54/h1-49H. The lowest BCUT2D eigenvalue weighted by Gasteiger charge is -2.33. The zero-order valence-corrected chi connectivity index (χ0v) is 40.7. The van der Waals surface area contributed by atoms with Crippen molar-refractivity contribution in [2.75, 3.05) is 4.90 Å². The zero-order chi connectivity index (χ0) is 49.0. The van der Waals surface area contributed by atoms with Crippen molar-refractivity contribution in [3.05, 3.63) is 320 Å². The fourth-order valence-electron chi connectivity index (χ4n) is 12.3. The SMILES string of the molecule is c1ccc(-c2ccc(-c3ccc(N(c4ccc5c(c4)C4(c6ccccc6-c6ccccc64)c4ccccc4-5)c4ccccc4-c4cccc(-c5ccccc5)c4-c4ccccc4-c4ccccc4)cc3)cc2)cc1. The molecule has 0 aliphatic heterocycles. The monoisotopic (exact) mass is 939 g/mol. The summed E-state index contributed by atoms with van der Waals surface area (Å²) in [5.41, 5.74) is 27.4. The second-order valence-electron chi connectivity index (χ2n) is 19.5. The normalized spacial score (nSPS) is 12.4. The van der Waals surface area contributed by atoms with Gasteiger partial charge in [-0.2, -0.15) is 0 Å². The van der Waals surface area contributed by atoms with Gasteiger partial charge in [0, 0.05) is 16.9 Å². The summed E-state index contributed by atoms with van der Waals surface area (Å²) in [6.07, 6.45) is 0. The van der Waals surface area contributed by atoms with Gasteiger partial charge in [0.1, 0.15) is 0 Å². The molecule has 2 aliphatic carbocycles. The first-order valence-corrected chi connectivity index (χ1v) is 25.7. The van der Waals surface area contributed by atoms with Gasteiger partial charge in [-0.05, 0) is 136 Å². The minimum absolute atomic E-state index is 0.492. The first-order chi connectivity index (χ1) is 36.7. The molecule has 74 heavy (non-hydrogen) atoms. The maximum atomic E-state index is 2.51. The van der Waals surface area contributed by atoms with Crippen molar-refractivity contribution in [1.82, 2.24) is 0 Å². The van der Waals surface area contributed by atoms with Gasteiger partial charge in [0.25, 0.3) is 0 Å². The van der Waals surface area contributed by atoms with Crippen LogP contribution in [0.3, 0.4) is 0 Å². The van der Waals surface area contributed by atoms with Crippen LogP contribution in [0.15, 0.2) is 297 Å². The summed E-state index contributed by atoms with van der Waals surface area (Å²) in [5, 5.41) is 0. The highest BCUT2D eigenvalue weighted by Crippen LogP contribution is 2.63. The Hall–Kier alpha value is -9.56. The first-order valence-electron chi connectivity index (χ1n) is 25.7.